The number of hydrogen-bond donors (Lipinski definition) is 3. The third-order valence-corrected chi connectivity index (χ3v) is 4.21. The lowest BCUT2D eigenvalue weighted by Gasteiger charge is -2.08. The molecule has 0 atom stereocenters. The third-order valence-electron chi connectivity index (χ3n) is 4.21. The van der Waals surface area contributed by atoms with Crippen molar-refractivity contribution in [3.63, 3.8) is 0 Å². The lowest BCUT2D eigenvalue weighted by Crippen LogP contribution is -2.32. The Labute approximate surface area is 190 Å². The van der Waals surface area contributed by atoms with E-state index in [0.29, 0.717) is 29.4 Å². The van der Waals surface area contributed by atoms with Gasteiger partial charge in [0.15, 0.2) is 6.61 Å². The molecular weight excluding hydrogens is 424 g/mol. The van der Waals surface area contributed by atoms with Crippen LogP contribution in [0, 0.1) is 0 Å². The molecule has 3 amide bonds. The Hall–Kier alpha value is -4.66. The minimum Gasteiger partial charge on any atom is -0.489 e. The van der Waals surface area contributed by atoms with Crippen molar-refractivity contribution in [3.05, 3.63) is 90.0 Å². The maximum absolute atomic E-state index is 12.0. The number of primary amides is 1. The zero-order valence-corrected chi connectivity index (χ0v) is 17.6. The standard InChI is InChI=1S/C24H22N4O5/c25-22(29)16-33-20-10-6-17(7-11-20)14-26-28-24(31)23(30)27-19-8-12-21(13-9-19)32-15-18-4-2-1-3-5-18/h1-14H,15-16H2,(H2,25,29)(H,27,30)(H,28,31). The summed E-state index contributed by atoms with van der Waals surface area (Å²) < 4.78 is 10.8. The Morgan fingerprint density at radius 1 is 0.818 bits per heavy atom. The Bertz CT molecular complexity index is 1110. The number of carbonyl (C=O) groups excluding carboxylic acids is 3. The van der Waals surface area contributed by atoms with Gasteiger partial charge in [-0.2, -0.15) is 5.10 Å². The highest BCUT2D eigenvalue weighted by molar-refractivity contribution is 6.39. The van der Waals surface area contributed by atoms with Crippen LogP contribution >= 0.6 is 0 Å². The number of nitrogens with one attached hydrogen (secondary N) is 2. The second-order valence-electron chi connectivity index (χ2n) is 6.78. The Morgan fingerprint density at radius 2 is 1.45 bits per heavy atom. The van der Waals surface area contributed by atoms with E-state index in [2.05, 4.69) is 15.8 Å². The van der Waals surface area contributed by atoms with Crippen LogP contribution in [0.1, 0.15) is 11.1 Å². The van der Waals surface area contributed by atoms with Gasteiger partial charge >= 0.3 is 11.8 Å². The van der Waals surface area contributed by atoms with E-state index in [1.54, 1.807) is 48.5 Å². The van der Waals surface area contributed by atoms with Crippen LogP contribution in [-0.2, 0) is 21.0 Å². The van der Waals surface area contributed by atoms with Crippen molar-refractivity contribution in [3.8, 4) is 11.5 Å². The van der Waals surface area contributed by atoms with Gasteiger partial charge in [0, 0.05) is 5.69 Å². The van der Waals surface area contributed by atoms with Crippen molar-refractivity contribution in [1.82, 2.24) is 5.43 Å². The Balaban J connectivity index is 1.43. The molecule has 33 heavy (non-hydrogen) atoms. The van der Waals surface area contributed by atoms with Gasteiger partial charge in [-0.15, -0.1) is 0 Å². The minimum absolute atomic E-state index is 0.220. The van der Waals surface area contributed by atoms with Gasteiger partial charge in [0.05, 0.1) is 6.21 Å². The van der Waals surface area contributed by atoms with E-state index in [4.69, 9.17) is 15.2 Å². The topological polar surface area (TPSA) is 132 Å². The SMILES string of the molecule is NC(=O)COc1ccc(C=NNC(=O)C(=O)Nc2ccc(OCc3ccccc3)cc2)cc1. The third kappa shape index (κ3) is 7.83. The highest BCUT2D eigenvalue weighted by atomic mass is 16.5. The summed E-state index contributed by atoms with van der Waals surface area (Å²) in [6.45, 7) is 0.206. The van der Waals surface area contributed by atoms with E-state index in [-0.39, 0.29) is 6.61 Å². The van der Waals surface area contributed by atoms with Crippen LogP contribution in [0.2, 0.25) is 0 Å². The lowest BCUT2D eigenvalue weighted by atomic mass is 10.2. The highest BCUT2D eigenvalue weighted by Crippen LogP contribution is 2.17. The van der Waals surface area contributed by atoms with Gasteiger partial charge in [-0.05, 0) is 59.7 Å². The molecule has 3 rings (SSSR count). The maximum atomic E-state index is 12.0. The predicted octanol–water partition coefficient (Wildman–Crippen LogP) is 2.22. The van der Waals surface area contributed by atoms with Crippen LogP contribution in [0.3, 0.4) is 0 Å². The number of rotatable bonds is 9. The van der Waals surface area contributed by atoms with Crippen molar-refractivity contribution >= 4 is 29.6 Å². The number of ether oxygens (including phenoxy) is 2. The van der Waals surface area contributed by atoms with E-state index >= 15 is 0 Å². The first-order chi connectivity index (χ1) is 16.0. The van der Waals surface area contributed by atoms with Crippen LogP contribution < -0.4 is 25.9 Å². The highest BCUT2D eigenvalue weighted by Gasteiger charge is 2.12. The quantitative estimate of drug-likeness (QED) is 0.263. The summed E-state index contributed by atoms with van der Waals surface area (Å²) in [5.41, 5.74) is 9.30. The number of hydrogen-bond acceptors (Lipinski definition) is 6. The summed E-state index contributed by atoms with van der Waals surface area (Å²) in [5, 5.41) is 6.24. The molecule has 0 aromatic heterocycles. The second-order valence-corrected chi connectivity index (χ2v) is 6.78. The van der Waals surface area contributed by atoms with E-state index < -0.39 is 17.7 Å². The van der Waals surface area contributed by atoms with E-state index in [1.165, 1.54) is 6.21 Å². The summed E-state index contributed by atoms with van der Waals surface area (Å²) in [6.07, 6.45) is 1.36. The number of carbonyl (C=O) groups is 3. The number of anilines is 1. The molecule has 0 aliphatic rings. The Morgan fingerprint density at radius 3 is 2.12 bits per heavy atom. The van der Waals surface area contributed by atoms with Gasteiger partial charge < -0.3 is 20.5 Å². The molecule has 4 N–H and O–H groups in total. The van der Waals surface area contributed by atoms with Gasteiger partial charge in [0.1, 0.15) is 18.1 Å². The monoisotopic (exact) mass is 446 g/mol. The fourth-order valence-corrected chi connectivity index (χ4v) is 2.58. The van der Waals surface area contributed by atoms with Gasteiger partial charge in [0.25, 0.3) is 5.91 Å². The van der Waals surface area contributed by atoms with Crippen LogP contribution in [0.4, 0.5) is 5.69 Å². The van der Waals surface area contributed by atoms with E-state index in [9.17, 15) is 14.4 Å². The molecule has 0 fully saturated rings. The smallest absolute Gasteiger partial charge is 0.329 e. The first kappa shape index (κ1) is 23.0. The molecule has 3 aromatic carbocycles. The van der Waals surface area contributed by atoms with Crippen LogP contribution in [-0.4, -0.2) is 30.5 Å². The molecule has 0 bridgehead atoms. The summed E-state index contributed by atoms with van der Waals surface area (Å²) >= 11 is 0. The van der Waals surface area contributed by atoms with Crippen molar-refractivity contribution in [1.29, 1.82) is 0 Å². The average molecular weight is 446 g/mol. The van der Waals surface area contributed by atoms with Crippen molar-refractivity contribution in [2.75, 3.05) is 11.9 Å². The molecular formula is C24H22N4O5. The molecule has 0 aliphatic carbocycles. The van der Waals surface area contributed by atoms with Gasteiger partial charge in [-0.3, -0.25) is 14.4 Å². The van der Waals surface area contributed by atoms with Gasteiger partial charge in [0.2, 0.25) is 0 Å². The van der Waals surface area contributed by atoms with Crippen LogP contribution in [0.5, 0.6) is 11.5 Å². The number of nitrogens with zero attached hydrogens (tertiary/aromatic N) is 1. The van der Waals surface area contributed by atoms with Crippen LogP contribution in [0.25, 0.3) is 0 Å². The second kappa shape index (κ2) is 11.7. The number of hydrazone groups is 1. The maximum Gasteiger partial charge on any atom is 0.329 e. The molecule has 0 saturated heterocycles. The average Bonchev–Trinajstić information content (AvgIpc) is 2.83. The predicted molar refractivity (Wildman–Crippen MR) is 123 cm³/mol. The first-order valence-electron chi connectivity index (χ1n) is 9.92. The summed E-state index contributed by atoms with van der Waals surface area (Å²) in [7, 11) is 0. The van der Waals surface area contributed by atoms with E-state index in [1.807, 2.05) is 30.3 Å². The molecule has 0 aliphatic heterocycles. The molecule has 9 heteroatoms. The van der Waals surface area contributed by atoms with Crippen molar-refractivity contribution < 1.29 is 23.9 Å². The van der Waals surface area contributed by atoms with Crippen LogP contribution in [0.15, 0.2) is 84.0 Å². The molecule has 168 valence electrons. The minimum atomic E-state index is -0.919. The summed E-state index contributed by atoms with van der Waals surface area (Å²) in [5.74, 6) is -1.26. The van der Waals surface area contributed by atoms with Gasteiger partial charge in [-0.1, -0.05) is 30.3 Å². The largest absolute Gasteiger partial charge is 0.489 e. The number of benzene rings is 3. The zero-order chi connectivity index (χ0) is 23.5. The number of amides is 3. The Kier molecular flexibility index (Phi) is 8.13. The summed E-state index contributed by atoms with van der Waals surface area (Å²) in [4.78, 5) is 34.7. The first-order valence-corrected chi connectivity index (χ1v) is 9.92. The van der Waals surface area contributed by atoms with Gasteiger partial charge in [-0.25, -0.2) is 5.43 Å². The van der Waals surface area contributed by atoms with Crippen molar-refractivity contribution in [2.24, 2.45) is 10.8 Å². The summed E-state index contributed by atoms with van der Waals surface area (Å²) in [6, 6.07) is 23.0. The molecule has 0 saturated carbocycles. The molecule has 0 radical (unpaired) electrons. The number of nitrogens with two attached hydrogens (primary N) is 1. The molecule has 0 unspecified atom stereocenters. The molecule has 3 aromatic rings. The molecule has 0 spiro atoms. The lowest BCUT2D eigenvalue weighted by molar-refractivity contribution is -0.136. The normalized spacial score (nSPS) is 10.4. The zero-order valence-electron chi connectivity index (χ0n) is 17.6. The van der Waals surface area contributed by atoms with Crippen molar-refractivity contribution in [2.45, 2.75) is 6.61 Å². The molecule has 9 nitrogen and oxygen atoms in total. The fraction of sp³-hybridized carbons (Fsp3) is 0.0833. The fourth-order valence-electron chi connectivity index (χ4n) is 2.58. The van der Waals surface area contributed by atoms with E-state index in [0.717, 1.165) is 5.56 Å². The molecule has 0 heterocycles.